The van der Waals surface area contributed by atoms with Gasteiger partial charge >= 0.3 is 0 Å². The summed E-state index contributed by atoms with van der Waals surface area (Å²) in [5.74, 6) is 1.30. The second-order valence-corrected chi connectivity index (χ2v) is 12.0. The Morgan fingerprint density at radius 2 is 1.69 bits per heavy atom. The van der Waals surface area contributed by atoms with E-state index in [9.17, 15) is 14.4 Å². The molecule has 3 aliphatic heterocycles. The molecule has 4 aromatic rings. The molecule has 0 spiro atoms. The van der Waals surface area contributed by atoms with E-state index in [1.165, 1.54) is 7.11 Å². The first-order valence-electron chi connectivity index (χ1n) is 15.9. The van der Waals surface area contributed by atoms with Gasteiger partial charge in [-0.1, -0.05) is 6.07 Å². The SMILES string of the molecule is COc1cc2ccc1CNC(=O)CCc1ccc(OC)c(c1)OCC(=O)N[C@@H]1CN(C(=O)c3ccc4nc(C)c(C)nc4c3)CC[C@@H]1O2. The van der Waals surface area contributed by atoms with Gasteiger partial charge in [-0.15, -0.1) is 0 Å². The van der Waals surface area contributed by atoms with Crippen LogP contribution in [-0.2, 0) is 22.6 Å². The van der Waals surface area contributed by atoms with E-state index in [0.717, 1.165) is 28.0 Å². The number of piperidine rings is 1. The Labute approximate surface area is 278 Å². The Bertz CT molecular complexity index is 1860. The van der Waals surface area contributed by atoms with Crippen LogP contribution in [0.3, 0.4) is 0 Å². The summed E-state index contributed by atoms with van der Waals surface area (Å²) in [5.41, 5.74) is 5.17. The highest BCUT2D eigenvalue weighted by atomic mass is 16.5. The number of rotatable bonds is 3. The van der Waals surface area contributed by atoms with Crippen LogP contribution in [0.25, 0.3) is 11.0 Å². The van der Waals surface area contributed by atoms with Gasteiger partial charge in [0, 0.05) is 49.7 Å². The normalized spacial score (nSPS) is 18.6. The van der Waals surface area contributed by atoms with E-state index in [1.54, 1.807) is 48.4 Å². The van der Waals surface area contributed by atoms with Crippen molar-refractivity contribution in [2.45, 2.75) is 51.8 Å². The number of nitrogens with one attached hydrogen (secondary N) is 2. The maximum Gasteiger partial charge on any atom is 0.258 e. The molecular weight excluding hydrogens is 614 g/mol. The van der Waals surface area contributed by atoms with Crippen LogP contribution in [0, 0.1) is 13.8 Å². The summed E-state index contributed by atoms with van der Waals surface area (Å²) in [7, 11) is 3.09. The number of aryl methyl sites for hydroxylation is 3. The number of carbonyl (C=O) groups excluding carboxylic acids is 3. The molecule has 1 aromatic heterocycles. The predicted octanol–water partition coefficient (Wildman–Crippen LogP) is 3.68. The van der Waals surface area contributed by atoms with Crippen LogP contribution in [-0.4, -0.2) is 78.7 Å². The predicted molar refractivity (Wildman–Crippen MR) is 178 cm³/mol. The third kappa shape index (κ3) is 7.27. The summed E-state index contributed by atoms with van der Waals surface area (Å²) in [6.07, 6.45) is 0.736. The smallest absolute Gasteiger partial charge is 0.258 e. The summed E-state index contributed by atoms with van der Waals surface area (Å²) in [6, 6.07) is 15.6. The van der Waals surface area contributed by atoms with Gasteiger partial charge in [-0.05, 0) is 68.3 Å². The van der Waals surface area contributed by atoms with Gasteiger partial charge in [0.15, 0.2) is 18.1 Å². The van der Waals surface area contributed by atoms with Gasteiger partial charge in [0.2, 0.25) is 5.91 Å². The van der Waals surface area contributed by atoms with Gasteiger partial charge in [0.1, 0.15) is 17.6 Å². The number of carbonyl (C=O) groups is 3. The van der Waals surface area contributed by atoms with Crippen molar-refractivity contribution in [3.05, 3.63) is 82.7 Å². The molecule has 1 fully saturated rings. The second kappa shape index (κ2) is 14.2. The molecule has 7 rings (SSSR count). The lowest BCUT2D eigenvalue weighted by Crippen LogP contribution is -2.58. The standard InChI is InChI=1S/C36H39N5O7/c1-21-22(2)39-28-16-24(8-10-27(28)38-21)36(44)41-14-13-30-29(19-41)40-35(43)20-47-33-15-23(5-11-31(33)45-3)6-12-34(42)37-18-25-7-9-26(48-30)17-32(25)46-4/h5,7-11,15-17,29-30H,6,12-14,18-20H2,1-4H3,(H,37,42)(H,40,43)/t29-,30+/m1/s1. The van der Waals surface area contributed by atoms with Crippen molar-refractivity contribution < 1.29 is 33.3 Å². The largest absolute Gasteiger partial charge is 0.496 e. The molecule has 2 atom stereocenters. The maximum absolute atomic E-state index is 13.8. The van der Waals surface area contributed by atoms with Crippen LogP contribution in [0.15, 0.2) is 54.6 Å². The maximum atomic E-state index is 13.8. The Hall–Kier alpha value is -5.39. The van der Waals surface area contributed by atoms with Crippen LogP contribution in [0.1, 0.15) is 45.7 Å². The Balaban J connectivity index is 1.27. The lowest BCUT2D eigenvalue weighted by molar-refractivity contribution is -0.125. The average molecular weight is 654 g/mol. The van der Waals surface area contributed by atoms with Crippen molar-refractivity contribution in [3.63, 3.8) is 0 Å². The molecule has 250 valence electrons. The van der Waals surface area contributed by atoms with E-state index in [1.807, 2.05) is 32.0 Å². The third-order valence-electron chi connectivity index (χ3n) is 8.75. The minimum atomic E-state index is -0.552. The van der Waals surface area contributed by atoms with E-state index in [-0.39, 0.29) is 43.8 Å². The molecule has 3 aromatic carbocycles. The lowest BCUT2D eigenvalue weighted by Gasteiger charge is -2.39. The van der Waals surface area contributed by atoms with Crippen LogP contribution in [0.4, 0.5) is 0 Å². The number of hydrogen-bond acceptors (Lipinski definition) is 9. The average Bonchev–Trinajstić information content (AvgIpc) is 3.09. The number of amides is 3. The molecule has 3 amide bonds. The van der Waals surface area contributed by atoms with Crippen LogP contribution < -0.4 is 29.6 Å². The number of methoxy groups -OCH3 is 2. The molecule has 0 unspecified atom stereocenters. The number of ether oxygens (including phenoxy) is 4. The molecule has 12 nitrogen and oxygen atoms in total. The highest BCUT2D eigenvalue weighted by Crippen LogP contribution is 2.30. The quantitative estimate of drug-likeness (QED) is 0.339. The minimum absolute atomic E-state index is 0.112. The minimum Gasteiger partial charge on any atom is -0.496 e. The first kappa shape index (κ1) is 32.5. The van der Waals surface area contributed by atoms with E-state index in [2.05, 4.69) is 20.6 Å². The number of fused-ring (bicyclic) bond motifs is 10. The zero-order chi connectivity index (χ0) is 33.8. The molecule has 2 N–H and O–H groups in total. The molecule has 12 heteroatoms. The van der Waals surface area contributed by atoms with Crippen molar-refractivity contribution in [2.24, 2.45) is 0 Å². The van der Waals surface area contributed by atoms with E-state index < -0.39 is 12.1 Å². The topological polar surface area (TPSA) is 141 Å². The highest BCUT2D eigenvalue weighted by molar-refractivity contribution is 5.97. The van der Waals surface area contributed by atoms with Crippen molar-refractivity contribution in [1.82, 2.24) is 25.5 Å². The van der Waals surface area contributed by atoms with Crippen LogP contribution in [0.5, 0.6) is 23.0 Å². The summed E-state index contributed by atoms with van der Waals surface area (Å²) in [5, 5.41) is 6.01. The number of benzene rings is 3. The Morgan fingerprint density at radius 1 is 0.896 bits per heavy atom. The zero-order valence-electron chi connectivity index (χ0n) is 27.5. The molecule has 4 bridgehead atoms. The number of likely N-dealkylation sites (tertiary alicyclic amines) is 1. The highest BCUT2D eigenvalue weighted by Gasteiger charge is 2.35. The van der Waals surface area contributed by atoms with E-state index in [4.69, 9.17) is 18.9 Å². The summed E-state index contributed by atoms with van der Waals surface area (Å²) in [4.78, 5) is 50.7. The van der Waals surface area contributed by atoms with Crippen molar-refractivity contribution in [2.75, 3.05) is 33.9 Å². The van der Waals surface area contributed by atoms with Gasteiger partial charge < -0.3 is 34.5 Å². The fraction of sp³-hybridized carbons (Fsp3) is 0.361. The molecule has 4 heterocycles. The van der Waals surface area contributed by atoms with Crippen molar-refractivity contribution in [3.8, 4) is 23.0 Å². The van der Waals surface area contributed by atoms with Crippen molar-refractivity contribution >= 4 is 28.8 Å². The van der Waals surface area contributed by atoms with E-state index in [0.29, 0.717) is 53.5 Å². The van der Waals surface area contributed by atoms with Gasteiger partial charge in [-0.2, -0.15) is 0 Å². The lowest BCUT2D eigenvalue weighted by atomic mass is 10.00. The summed E-state index contributed by atoms with van der Waals surface area (Å²) < 4.78 is 23.4. The zero-order valence-corrected chi connectivity index (χ0v) is 27.5. The monoisotopic (exact) mass is 653 g/mol. The fourth-order valence-corrected chi connectivity index (χ4v) is 5.98. The van der Waals surface area contributed by atoms with Gasteiger partial charge in [-0.3, -0.25) is 14.4 Å². The molecule has 0 radical (unpaired) electrons. The molecule has 48 heavy (non-hydrogen) atoms. The van der Waals surface area contributed by atoms with Gasteiger partial charge in [0.05, 0.1) is 42.7 Å². The van der Waals surface area contributed by atoms with Crippen LogP contribution in [0.2, 0.25) is 0 Å². The Morgan fingerprint density at radius 3 is 2.48 bits per heavy atom. The molecule has 0 saturated carbocycles. The third-order valence-corrected chi connectivity index (χ3v) is 8.75. The number of aromatic nitrogens is 2. The Kier molecular flexibility index (Phi) is 9.60. The molecule has 1 saturated heterocycles. The summed E-state index contributed by atoms with van der Waals surface area (Å²) >= 11 is 0. The second-order valence-electron chi connectivity index (χ2n) is 12.0. The van der Waals surface area contributed by atoms with E-state index >= 15 is 0 Å². The van der Waals surface area contributed by atoms with Crippen LogP contribution >= 0.6 is 0 Å². The molecular formula is C36H39N5O7. The fourth-order valence-electron chi connectivity index (χ4n) is 5.98. The first-order chi connectivity index (χ1) is 23.2. The van der Waals surface area contributed by atoms with Gasteiger partial charge in [-0.25, -0.2) is 9.97 Å². The number of nitrogens with zero attached hydrogens (tertiary/aromatic N) is 3. The first-order valence-corrected chi connectivity index (χ1v) is 15.9. The van der Waals surface area contributed by atoms with Crippen molar-refractivity contribution in [1.29, 1.82) is 0 Å². The summed E-state index contributed by atoms with van der Waals surface area (Å²) in [6.45, 7) is 4.42. The van der Waals surface area contributed by atoms with Gasteiger partial charge in [0.25, 0.3) is 11.8 Å². The molecule has 3 aliphatic rings. The number of hydrogen-bond donors (Lipinski definition) is 2. The molecule has 0 aliphatic carbocycles.